The monoisotopic (exact) mass is 324 g/mol. The third-order valence-electron chi connectivity index (χ3n) is 4.52. The summed E-state index contributed by atoms with van der Waals surface area (Å²) in [7, 11) is 0. The fourth-order valence-corrected chi connectivity index (χ4v) is 3.29. The summed E-state index contributed by atoms with van der Waals surface area (Å²) in [5, 5.41) is 11.1. The lowest BCUT2D eigenvalue weighted by atomic mass is 9.80. The van der Waals surface area contributed by atoms with Crippen molar-refractivity contribution < 1.29 is 5.11 Å². The van der Waals surface area contributed by atoms with E-state index >= 15 is 0 Å². The first-order valence-electron chi connectivity index (χ1n) is 8.14. The number of hydrogen-bond donors (Lipinski definition) is 2. The van der Waals surface area contributed by atoms with Crippen LogP contribution in [0.25, 0.3) is 0 Å². The minimum absolute atomic E-state index is 0.0669. The van der Waals surface area contributed by atoms with Crippen LogP contribution in [0.2, 0.25) is 5.02 Å². The lowest BCUT2D eigenvalue weighted by Crippen LogP contribution is -2.47. The number of hydrogen-bond acceptors (Lipinski definition) is 3. The highest BCUT2D eigenvalue weighted by Gasteiger charge is 2.30. The lowest BCUT2D eigenvalue weighted by molar-refractivity contribution is 0.0233. The maximum absolute atomic E-state index is 10.4. The van der Waals surface area contributed by atoms with Gasteiger partial charge < -0.3 is 10.8 Å². The highest BCUT2D eigenvalue weighted by atomic mass is 35.5. The molecule has 2 rings (SSSR count). The van der Waals surface area contributed by atoms with E-state index in [0.29, 0.717) is 5.92 Å². The van der Waals surface area contributed by atoms with Gasteiger partial charge in [0.2, 0.25) is 0 Å². The average molecular weight is 325 g/mol. The van der Waals surface area contributed by atoms with E-state index in [1.54, 1.807) is 0 Å². The molecule has 3 nitrogen and oxygen atoms in total. The molecule has 1 fully saturated rings. The van der Waals surface area contributed by atoms with E-state index in [0.717, 1.165) is 37.5 Å². The Hall–Kier alpha value is -0.610. The SMILES string of the molecule is CC(C)(C)C(O)CC1CC(N)CN(Cc2ccc(Cl)cc2)C1. The Kier molecular flexibility index (Phi) is 5.89. The number of aliphatic hydroxyl groups excluding tert-OH is 1. The van der Waals surface area contributed by atoms with E-state index in [-0.39, 0.29) is 17.6 Å². The zero-order valence-electron chi connectivity index (χ0n) is 13.9. The van der Waals surface area contributed by atoms with Gasteiger partial charge in [-0.1, -0.05) is 44.5 Å². The first-order valence-corrected chi connectivity index (χ1v) is 8.52. The van der Waals surface area contributed by atoms with Crippen LogP contribution in [0.1, 0.15) is 39.2 Å². The van der Waals surface area contributed by atoms with Gasteiger partial charge in [0.05, 0.1) is 6.10 Å². The van der Waals surface area contributed by atoms with Crippen molar-refractivity contribution in [1.29, 1.82) is 0 Å². The molecule has 3 atom stereocenters. The van der Waals surface area contributed by atoms with Crippen molar-refractivity contribution in [3.8, 4) is 0 Å². The maximum Gasteiger partial charge on any atom is 0.0591 e. The summed E-state index contributed by atoms with van der Waals surface area (Å²) in [6.07, 6.45) is 1.55. The summed E-state index contributed by atoms with van der Waals surface area (Å²) in [5.41, 5.74) is 7.42. The molecule has 0 aromatic heterocycles. The molecule has 1 aromatic rings. The predicted octanol–water partition coefficient (Wildman–Crippen LogP) is 3.29. The van der Waals surface area contributed by atoms with Gasteiger partial charge in [-0.05, 0) is 41.9 Å². The second kappa shape index (κ2) is 7.31. The Labute approximate surface area is 139 Å². The van der Waals surface area contributed by atoms with Gasteiger partial charge in [-0.2, -0.15) is 0 Å². The highest BCUT2D eigenvalue weighted by molar-refractivity contribution is 6.30. The second-order valence-electron chi connectivity index (χ2n) is 7.80. The fraction of sp³-hybridized carbons (Fsp3) is 0.667. The molecule has 3 unspecified atom stereocenters. The molecule has 1 aliphatic heterocycles. The number of aliphatic hydroxyl groups is 1. The Morgan fingerprint density at radius 1 is 1.27 bits per heavy atom. The summed E-state index contributed by atoms with van der Waals surface area (Å²) >= 11 is 5.94. The summed E-state index contributed by atoms with van der Waals surface area (Å²) in [5.74, 6) is 0.463. The fourth-order valence-electron chi connectivity index (χ4n) is 3.17. The van der Waals surface area contributed by atoms with E-state index in [1.165, 1.54) is 5.56 Å². The van der Waals surface area contributed by atoms with Crippen LogP contribution < -0.4 is 5.73 Å². The molecule has 0 spiro atoms. The first-order chi connectivity index (χ1) is 10.2. The molecule has 0 amide bonds. The average Bonchev–Trinajstić information content (AvgIpc) is 2.39. The molecular weight excluding hydrogens is 296 g/mol. The number of rotatable bonds is 4. The quantitative estimate of drug-likeness (QED) is 0.893. The number of nitrogens with two attached hydrogens (primary N) is 1. The van der Waals surface area contributed by atoms with Crippen LogP contribution in [0.5, 0.6) is 0 Å². The van der Waals surface area contributed by atoms with Gasteiger partial charge >= 0.3 is 0 Å². The van der Waals surface area contributed by atoms with E-state index in [9.17, 15) is 5.11 Å². The smallest absolute Gasteiger partial charge is 0.0591 e. The zero-order chi connectivity index (χ0) is 16.3. The Balaban J connectivity index is 1.94. The minimum atomic E-state index is -0.278. The van der Waals surface area contributed by atoms with Crippen molar-refractivity contribution in [2.75, 3.05) is 13.1 Å². The van der Waals surface area contributed by atoms with Crippen molar-refractivity contribution in [2.24, 2.45) is 17.1 Å². The number of benzene rings is 1. The molecule has 0 aliphatic carbocycles. The summed E-state index contributed by atoms with van der Waals surface area (Å²) in [6.45, 7) is 9.09. The molecule has 1 saturated heterocycles. The lowest BCUT2D eigenvalue weighted by Gasteiger charge is -2.39. The van der Waals surface area contributed by atoms with Gasteiger partial charge in [-0.15, -0.1) is 0 Å². The third-order valence-corrected chi connectivity index (χ3v) is 4.77. The molecular formula is C18H29ClN2O. The second-order valence-corrected chi connectivity index (χ2v) is 8.24. The standard InChI is InChI=1S/C18H29ClN2O/c1-18(2,3)17(22)9-14-8-16(20)12-21(11-14)10-13-4-6-15(19)7-5-13/h4-7,14,16-17,22H,8-12,20H2,1-3H3. The summed E-state index contributed by atoms with van der Waals surface area (Å²) in [4.78, 5) is 2.40. The van der Waals surface area contributed by atoms with Gasteiger partial charge in [0.25, 0.3) is 0 Å². The molecule has 3 N–H and O–H groups in total. The van der Waals surface area contributed by atoms with Gasteiger partial charge in [0.1, 0.15) is 0 Å². The maximum atomic E-state index is 10.4. The predicted molar refractivity (Wildman–Crippen MR) is 92.9 cm³/mol. The molecule has 22 heavy (non-hydrogen) atoms. The topological polar surface area (TPSA) is 49.5 Å². The van der Waals surface area contributed by atoms with Crippen molar-refractivity contribution in [3.05, 3.63) is 34.9 Å². The number of piperidine rings is 1. The highest BCUT2D eigenvalue weighted by Crippen LogP contribution is 2.29. The molecule has 1 heterocycles. The van der Waals surface area contributed by atoms with Crippen LogP contribution in [0.4, 0.5) is 0 Å². The summed E-state index contributed by atoms with van der Waals surface area (Å²) in [6, 6.07) is 8.20. The van der Waals surface area contributed by atoms with E-state index in [2.05, 4.69) is 37.8 Å². The van der Waals surface area contributed by atoms with E-state index < -0.39 is 0 Å². The molecule has 0 radical (unpaired) electrons. The van der Waals surface area contributed by atoms with Crippen LogP contribution in [-0.4, -0.2) is 35.2 Å². The van der Waals surface area contributed by atoms with Crippen LogP contribution >= 0.6 is 11.6 Å². The van der Waals surface area contributed by atoms with Crippen molar-refractivity contribution in [1.82, 2.24) is 4.90 Å². The molecule has 124 valence electrons. The Morgan fingerprint density at radius 3 is 2.50 bits per heavy atom. The van der Waals surface area contributed by atoms with E-state index in [4.69, 9.17) is 17.3 Å². The van der Waals surface area contributed by atoms with Gasteiger partial charge in [0, 0.05) is 30.7 Å². The Morgan fingerprint density at radius 2 is 1.91 bits per heavy atom. The molecule has 4 heteroatoms. The molecule has 1 aliphatic rings. The van der Waals surface area contributed by atoms with Gasteiger partial charge in [0.15, 0.2) is 0 Å². The van der Waals surface area contributed by atoms with Crippen LogP contribution in [-0.2, 0) is 6.54 Å². The number of nitrogens with zero attached hydrogens (tertiary/aromatic N) is 1. The van der Waals surface area contributed by atoms with Crippen LogP contribution in [0, 0.1) is 11.3 Å². The molecule has 0 saturated carbocycles. The zero-order valence-corrected chi connectivity index (χ0v) is 14.7. The van der Waals surface area contributed by atoms with E-state index in [1.807, 2.05) is 12.1 Å². The third kappa shape index (κ3) is 5.24. The number of halogens is 1. The number of likely N-dealkylation sites (tertiary alicyclic amines) is 1. The minimum Gasteiger partial charge on any atom is -0.393 e. The first kappa shape index (κ1) is 17.7. The van der Waals surface area contributed by atoms with Gasteiger partial charge in [-0.3, -0.25) is 4.90 Å². The molecule has 0 bridgehead atoms. The molecule has 1 aromatic carbocycles. The normalized spacial score (nSPS) is 25.2. The Bertz CT molecular complexity index is 469. The van der Waals surface area contributed by atoms with Crippen molar-refractivity contribution in [3.63, 3.8) is 0 Å². The van der Waals surface area contributed by atoms with Crippen LogP contribution in [0.3, 0.4) is 0 Å². The van der Waals surface area contributed by atoms with Crippen molar-refractivity contribution in [2.45, 2.75) is 52.3 Å². The summed E-state index contributed by atoms with van der Waals surface area (Å²) < 4.78 is 0. The largest absolute Gasteiger partial charge is 0.393 e. The van der Waals surface area contributed by atoms with Crippen molar-refractivity contribution >= 4 is 11.6 Å². The van der Waals surface area contributed by atoms with Gasteiger partial charge in [-0.25, -0.2) is 0 Å². The van der Waals surface area contributed by atoms with Crippen LogP contribution in [0.15, 0.2) is 24.3 Å².